The van der Waals surface area contributed by atoms with E-state index in [0.29, 0.717) is 0 Å². The summed E-state index contributed by atoms with van der Waals surface area (Å²) in [7, 11) is 0. The van der Waals surface area contributed by atoms with Crippen molar-refractivity contribution in [3.8, 4) is 0 Å². The van der Waals surface area contributed by atoms with Crippen LogP contribution in [0.2, 0.25) is 0 Å². The van der Waals surface area contributed by atoms with Gasteiger partial charge < -0.3 is 0 Å². The van der Waals surface area contributed by atoms with Gasteiger partial charge in [-0.2, -0.15) is 12.6 Å². The lowest BCUT2D eigenvalue weighted by atomic mass is 10.0. The van der Waals surface area contributed by atoms with Gasteiger partial charge in [0.2, 0.25) is 0 Å². The number of nitrogens with zero attached hydrogens (tertiary/aromatic N) is 3. The fraction of sp³-hybridized carbons (Fsp3) is 0.857. The van der Waals surface area contributed by atoms with Crippen LogP contribution >= 0.6 is 12.6 Å². The second-order valence-corrected chi connectivity index (χ2v) is 7.03. The van der Waals surface area contributed by atoms with Crippen LogP contribution in [-0.4, -0.2) is 15.0 Å². The van der Waals surface area contributed by atoms with E-state index in [4.69, 9.17) is 0 Å². The molecule has 0 aromatic carbocycles. The largest absolute Gasteiger partial charge is 0.237 e. The van der Waals surface area contributed by atoms with E-state index in [2.05, 4.69) is 43.7 Å². The highest BCUT2D eigenvalue weighted by Gasteiger charge is 2.50. The van der Waals surface area contributed by atoms with Gasteiger partial charge in [0.05, 0.1) is 16.8 Å². The molecule has 1 aromatic rings. The fourth-order valence-electron chi connectivity index (χ4n) is 3.98. The number of rotatable bonds is 2. The number of hydrogen-bond acceptors (Lipinski definition) is 3. The quantitative estimate of drug-likeness (QED) is 0.833. The minimum Gasteiger partial charge on any atom is -0.237 e. The number of thiol groups is 1. The van der Waals surface area contributed by atoms with Crippen LogP contribution in [0.25, 0.3) is 0 Å². The summed E-state index contributed by atoms with van der Waals surface area (Å²) in [5, 5.41) is 8.77. The van der Waals surface area contributed by atoms with Crippen molar-refractivity contribution in [2.75, 3.05) is 0 Å². The van der Waals surface area contributed by atoms with Crippen molar-refractivity contribution in [2.24, 2.45) is 23.7 Å². The number of aryl methyl sites for hydroxylation is 1. The third kappa shape index (κ3) is 1.98. The topological polar surface area (TPSA) is 30.7 Å². The van der Waals surface area contributed by atoms with Gasteiger partial charge in [-0.15, -0.1) is 5.10 Å². The Hall–Kier alpha value is -0.510. The van der Waals surface area contributed by atoms with Gasteiger partial charge in [-0.1, -0.05) is 19.1 Å². The lowest BCUT2D eigenvalue weighted by molar-refractivity contribution is 0.487. The summed E-state index contributed by atoms with van der Waals surface area (Å²) in [6.45, 7) is 6.81. The summed E-state index contributed by atoms with van der Waals surface area (Å²) in [5.41, 5.74) is 2.56. The highest BCUT2D eigenvalue weighted by molar-refractivity contribution is 7.80. The van der Waals surface area contributed by atoms with Crippen LogP contribution in [0.1, 0.15) is 50.4 Å². The van der Waals surface area contributed by atoms with E-state index >= 15 is 0 Å². The highest BCUT2D eigenvalue weighted by atomic mass is 32.1. The van der Waals surface area contributed by atoms with Crippen LogP contribution in [0.4, 0.5) is 0 Å². The Labute approximate surface area is 115 Å². The summed E-state index contributed by atoms with van der Waals surface area (Å²) >= 11 is 4.49. The molecule has 1 fully saturated rings. The maximum atomic E-state index is 4.49. The Bertz CT molecular complexity index is 438. The number of fused-ring (bicyclic) bond motifs is 2. The minimum absolute atomic E-state index is 0.136. The number of aromatic nitrogens is 3. The predicted molar refractivity (Wildman–Crippen MR) is 75.7 cm³/mol. The molecule has 3 nitrogen and oxygen atoms in total. The van der Waals surface area contributed by atoms with Crippen LogP contribution in [0.15, 0.2) is 0 Å². The lowest BCUT2D eigenvalue weighted by Gasteiger charge is -2.12. The molecule has 0 radical (unpaired) electrons. The molecule has 1 aromatic heterocycles. The van der Waals surface area contributed by atoms with Crippen molar-refractivity contribution in [3.63, 3.8) is 0 Å². The molecular weight excluding hydrogens is 242 g/mol. The van der Waals surface area contributed by atoms with E-state index in [-0.39, 0.29) is 5.37 Å². The van der Waals surface area contributed by atoms with E-state index in [1.165, 1.54) is 24.2 Å². The first-order chi connectivity index (χ1) is 8.59. The van der Waals surface area contributed by atoms with Gasteiger partial charge in [0.25, 0.3) is 0 Å². The Kier molecular flexibility index (Phi) is 3.16. The molecule has 0 aliphatic heterocycles. The van der Waals surface area contributed by atoms with Gasteiger partial charge in [-0.3, -0.25) is 0 Å². The Morgan fingerprint density at radius 3 is 2.44 bits per heavy atom. The molecule has 0 saturated heterocycles. The normalized spacial score (nSPS) is 32.4. The molecule has 2 aliphatic carbocycles. The van der Waals surface area contributed by atoms with Crippen LogP contribution in [0, 0.1) is 23.7 Å². The van der Waals surface area contributed by atoms with Gasteiger partial charge in [0.1, 0.15) is 0 Å². The van der Waals surface area contributed by atoms with Crippen molar-refractivity contribution in [1.29, 1.82) is 0 Å². The zero-order valence-electron chi connectivity index (χ0n) is 11.5. The second-order valence-electron chi connectivity index (χ2n) is 6.29. The van der Waals surface area contributed by atoms with Crippen LogP contribution < -0.4 is 0 Å². The van der Waals surface area contributed by atoms with Gasteiger partial charge >= 0.3 is 0 Å². The van der Waals surface area contributed by atoms with Crippen LogP contribution in [0.3, 0.4) is 0 Å². The molecule has 3 rings (SSSR count). The summed E-state index contributed by atoms with van der Waals surface area (Å²) in [6, 6.07) is 0. The zero-order chi connectivity index (χ0) is 12.9. The highest BCUT2D eigenvalue weighted by Crippen LogP contribution is 2.56. The molecule has 0 bridgehead atoms. The van der Waals surface area contributed by atoms with E-state index in [1.54, 1.807) is 0 Å². The van der Waals surface area contributed by atoms with E-state index in [1.807, 2.05) is 4.68 Å². The number of hydrogen-bond donors (Lipinski definition) is 1. The van der Waals surface area contributed by atoms with Crippen molar-refractivity contribution in [2.45, 2.75) is 51.8 Å². The minimum atomic E-state index is 0.136. The van der Waals surface area contributed by atoms with Crippen molar-refractivity contribution >= 4 is 12.6 Å². The van der Waals surface area contributed by atoms with E-state index in [0.717, 1.165) is 36.5 Å². The van der Waals surface area contributed by atoms with Gasteiger partial charge in [0.15, 0.2) is 0 Å². The first kappa shape index (κ1) is 12.5. The van der Waals surface area contributed by atoms with Gasteiger partial charge in [-0.05, 0) is 56.3 Å². The van der Waals surface area contributed by atoms with E-state index < -0.39 is 0 Å². The average Bonchev–Trinajstić information content (AvgIpc) is 2.81. The zero-order valence-corrected chi connectivity index (χ0v) is 12.4. The fourth-order valence-corrected chi connectivity index (χ4v) is 4.17. The lowest BCUT2D eigenvalue weighted by Crippen LogP contribution is -2.09. The van der Waals surface area contributed by atoms with Crippen LogP contribution in [0.5, 0.6) is 0 Å². The van der Waals surface area contributed by atoms with Gasteiger partial charge in [-0.25, -0.2) is 4.68 Å². The summed E-state index contributed by atoms with van der Waals surface area (Å²) in [5.74, 6) is 3.71. The Morgan fingerprint density at radius 2 is 1.83 bits per heavy atom. The molecule has 2 aliphatic rings. The molecule has 0 amide bonds. The molecular formula is C14H23N3S. The molecule has 100 valence electrons. The Balaban J connectivity index is 1.79. The first-order valence-electron chi connectivity index (χ1n) is 7.20. The maximum absolute atomic E-state index is 4.49. The van der Waals surface area contributed by atoms with E-state index in [9.17, 15) is 0 Å². The molecule has 4 atom stereocenters. The summed E-state index contributed by atoms with van der Waals surface area (Å²) in [4.78, 5) is 0. The molecule has 4 unspecified atom stereocenters. The predicted octanol–water partition coefficient (Wildman–Crippen LogP) is 3.12. The third-order valence-electron chi connectivity index (χ3n) is 4.82. The van der Waals surface area contributed by atoms with Crippen molar-refractivity contribution in [3.05, 3.63) is 11.4 Å². The molecule has 18 heavy (non-hydrogen) atoms. The summed E-state index contributed by atoms with van der Waals surface area (Å²) in [6.07, 6.45) is 4.87. The first-order valence-corrected chi connectivity index (χ1v) is 7.72. The molecule has 4 heteroatoms. The Morgan fingerprint density at radius 1 is 1.17 bits per heavy atom. The standard InChI is InChI=1S/C14H23N3S/c1-8(2)14-10-4-6-12-13(7-5-11(10)14)17(9(3)18)16-15-12/h8-11,14,18H,4-7H2,1-3H3. The second kappa shape index (κ2) is 4.55. The molecule has 0 N–H and O–H groups in total. The maximum Gasteiger partial charge on any atom is 0.0935 e. The monoisotopic (exact) mass is 265 g/mol. The van der Waals surface area contributed by atoms with Crippen LogP contribution in [-0.2, 0) is 12.8 Å². The SMILES string of the molecule is CC(C)C1C2CCc3nnn(C(C)S)c3CCC21. The molecule has 0 spiro atoms. The van der Waals surface area contributed by atoms with Crippen molar-refractivity contribution < 1.29 is 0 Å². The summed E-state index contributed by atoms with van der Waals surface area (Å²) < 4.78 is 2.01. The molecule has 1 saturated carbocycles. The smallest absolute Gasteiger partial charge is 0.0935 e. The van der Waals surface area contributed by atoms with Crippen molar-refractivity contribution in [1.82, 2.24) is 15.0 Å². The van der Waals surface area contributed by atoms with Gasteiger partial charge in [0, 0.05) is 0 Å². The average molecular weight is 265 g/mol. The molecule has 1 heterocycles. The third-order valence-corrected chi connectivity index (χ3v) is 5.04.